The zero-order chi connectivity index (χ0) is 16.2. The topological polar surface area (TPSA) is 95.5 Å². The molecule has 23 heavy (non-hydrogen) atoms. The zero-order valence-electron chi connectivity index (χ0n) is 11.7. The number of carbonyl (C=O) groups excluding carboxylic acids is 1. The quantitative estimate of drug-likeness (QED) is 0.388. The smallest absolute Gasteiger partial charge is 0.270 e. The molecule has 0 atom stereocenters. The number of aldehydes is 1. The standard InChI is InChI=1S/C15H10N2O5S/c18-7-10-6-12(17(19)20)3-4-13(10)21-8-11-9-22-15(16-11)14-2-1-5-23-14/h1-7,9H,8H2. The first-order valence-electron chi connectivity index (χ1n) is 6.52. The Morgan fingerprint density at radius 2 is 2.26 bits per heavy atom. The van der Waals surface area contributed by atoms with Gasteiger partial charge in [-0.2, -0.15) is 0 Å². The second-order valence-corrected chi connectivity index (χ2v) is 5.45. The monoisotopic (exact) mass is 330 g/mol. The van der Waals surface area contributed by atoms with E-state index in [4.69, 9.17) is 9.15 Å². The molecule has 2 aromatic heterocycles. The fraction of sp³-hybridized carbons (Fsp3) is 0.0667. The van der Waals surface area contributed by atoms with Gasteiger partial charge in [0.15, 0.2) is 6.29 Å². The van der Waals surface area contributed by atoms with Crippen molar-refractivity contribution in [1.29, 1.82) is 0 Å². The summed E-state index contributed by atoms with van der Waals surface area (Å²) in [6, 6.07) is 7.63. The van der Waals surface area contributed by atoms with E-state index in [0.29, 0.717) is 17.9 Å². The molecule has 0 N–H and O–H groups in total. The van der Waals surface area contributed by atoms with Crippen LogP contribution in [-0.2, 0) is 6.61 Å². The van der Waals surface area contributed by atoms with Gasteiger partial charge in [0, 0.05) is 12.1 Å². The molecule has 0 aliphatic heterocycles. The number of carbonyl (C=O) groups is 1. The SMILES string of the molecule is O=Cc1cc([N+](=O)[O-])ccc1OCc1coc(-c2cccs2)n1. The lowest BCUT2D eigenvalue weighted by Gasteiger charge is -2.06. The van der Waals surface area contributed by atoms with E-state index in [0.717, 1.165) is 4.88 Å². The predicted molar refractivity (Wildman–Crippen MR) is 82.6 cm³/mol. The van der Waals surface area contributed by atoms with Crippen molar-refractivity contribution in [3.8, 4) is 16.5 Å². The van der Waals surface area contributed by atoms with Crippen LogP contribution >= 0.6 is 11.3 Å². The van der Waals surface area contributed by atoms with Gasteiger partial charge in [-0.15, -0.1) is 11.3 Å². The molecule has 3 aromatic rings. The van der Waals surface area contributed by atoms with E-state index < -0.39 is 4.92 Å². The average molecular weight is 330 g/mol. The number of thiophene rings is 1. The van der Waals surface area contributed by atoms with Gasteiger partial charge in [0.1, 0.15) is 24.3 Å². The van der Waals surface area contributed by atoms with Gasteiger partial charge in [-0.05, 0) is 17.5 Å². The van der Waals surface area contributed by atoms with Crippen LogP contribution in [0.3, 0.4) is 0 Å². The molecule has 2 heterocycles. The van der Waals surface area contributed by atoms with Crippen molar-refractivity contribution in [3.05, 3.63) is 63.3 Å². The summed E-state index contributed by atoms with van der Waals surface area (Å²) < 4.78 is 10.9. The molecule has 0 aliphatic carbocycles. The highest BCUT2D eigenvalue weighted by Crippen LogP contribution is 2.26. The van der Waals surface area contributed by atoms with Crippen LogP contribution in [0.1, 0.15) is 16.1 Å². The summed E-state index contributed by atoms with van der Waals surface area (Å²) in [5.74, 6) is 0.754. The van der Waals surface area contributed by atoms with Gasteiger partial charge in [-0.25, -0.2) is 4.98 Å². The highest BCUT2D eigenvalue weighted by molar-refractivity contribution is 7.13. The Balaban J connectivity index is 1.73. The third-order valence-corrected chi connectivity index (χ3v) is 3.85. The third-order valence-electron chi connectivity index (χ3n) is 2.99. The molecule has 0 unspecified atom stereocenters. The maximum atomic E-state index is 11.0. The summed E-state index contributed by atoms with van der Waals surface area (Å²) in [6.07, 6.45) is 1.99. The van der Waals surface area contributed by atoms with Crippen LogP contribution in [0.2, 0.25) is 0 Å². The summed E-state index contributed by atoms with van der Waals surface area (Å²) in [5.41, 5.74) is 0.505. The van der Waals surface area contributed by atoms with Crippen molar-refractivity contribution in [3.63, 3.8) is 0 Å². The van der Waals surface area contributed by atoms with Gasteiger partial charge in [0.2, 0.25) is 5.89 Å². The van der Waals surface area contributed by atoms with Crippen LogP contribution in [0.5, 0.6) is 5.75 Å². The Labute approximate surface area is 134 Å². The van der Waals surface area contributed by atoms with Crippen LogP contribution in [0.25, 0.3) is 10.8 Å². The van der Waals surface area contributed by atoms with Gasteiger partial charge in [0.25, 0.3) is 5.69 Å². The first kappa shape index (κ1) is 14.9. The number of oxazole rings is 1. The predicted octanol–water partition coefficient (Wildman–Crippen LogP) is 3.70. The largest absolute Gasteiger partial charge is 0.486 e. The highest BCUT2D eigenvalue weighted by atomic mass is 32.1. The van der Waals surface area contributed by atoms with Crippen molar-refractivity contribution in [2.45, 2.75) is 6.61 Å². The second-order valence-electron chi connectivity index (χ2n) is 4.51. The van der Waals surface area contributed by atoms with Gasteiger partial charge in [-0.3, -0.25) is 14.9 Å². The highest BCUT2D eigenvalue weighted by Gasteiger charge is 2.13. The van der Waals surface area contributed by atoms with Gasteiger partial charge < -0.3 is 9.15 Å². The van der Waals surface area contributed by atoms with E-state index in [2.05, 4.69) is 4.98 Å². The summed E-state index contributed by atoms with van der Waals surface area (Å²) in [7, 11) is 0. The Bertz CT molecular complexity index is 841. The van der Waals surface area contributed by atoms with E-state index in [9.17, 15) is 14.9 Å². The summed E-state index contributed by atoms with van der Waals surface area (Å²) in [4.78, 5) is 26.4. The molecule has 0 saturated heterocycles. The second kappa shape index (κ2) is 6.41. The van der Waals surface area contributed by atoms with Crippen molar-refractivity contribution < 1.29 is 18.9 Å². The summed E-state index contributed by atoms with van der Waals surface area (Å²) >= 11 is 1.51. The maximum Gasteiger partial charge on any atom is 0.270 e. The number of ether oxygens (including phenoxy) is 1. The van der Waals surface area contributed by atoms with Crippen LogP contribution in [-0.4, -0.2) is 16.2 Å². The fourth-order valence-corrected chi connectivity index (χ4v) is 2.57. The lowest BCUT2D eigenvalue weighted by atomic mass is 10.2. The van der Waals surface area contributed by atoms with Gasteiger partial charge in [0.05, 0.1) is 15.4 Å². The van der Waals surface area contributed by atoms with Gasteiger partial charge in [-0.1, -0.05) is 6.07 Å². The fourth-order valence-electron chi connectivity index (χ4n) is 1.91. The average Bonchev–Trinajstić information content (AvgIpc) is 3.23. The number of aromatic nitrogens is 1. The summed E-state index contributed by atoms with van der Waals surface area (Å²) in [5, 5.41) is 12.6. The molecule has 0 radical (unpaired) electrons. The maximum absolute atomic E-state index is 11.0. The minimum absolute atomic E-state index is 0.0908. The molecule has 3 rings (SSSR count). The van der Waals surface area contributed by atoms with Crippen molar-refractivity contribution >= 4 is 23.3 Å². The van der Waals surface area contributed by atoms with Crippen molar-refractivity contribution in [2.24, 2.45) is 0 Å². The number of nitro benzene ring substituents is 1. The minimum atomic E-state index is -0.568. The van der Waals surface area contributed by atoms with Gasteiger partial charge >= 0.3 is 0 Å². The Morgan fingerprint density at radius 1 is 1.39 bits per heavy atom. The van der Waals surface area contributed by atoms with E-state index in [1.807, 2.05) is 17.5 Å². The van der Waals surface area contributed by atoms with Crippen LogP contribution in [0.4, 0.5) is 5.69 Å². The normalized spacial score (nSPS) is 10.4. The van der Waals surface area contributed by atoms with Crippen LogP contribution < -0.4 is 4.74 Å². The molecule has 0 bridgehead atoms. The van der Waals surface area contributed by atoms with Crippen LogP contribution in [0, 0.1) is 10.1 Å². The number of non-ortho nitro benzene ring substituents is 1. The molecule has 1 aromatic carbocycles. The van der Waals surface area contributed by atoms with E-state index in [-0.39, 0.29) is 23.6 Å². The van der Waals surface area contributed by atoms with Crippen molar-refractivity contribution in [1.82, 2.24) is 4.98 Å². The molecule has 0 saturated carbocycles. The number of nitro groups is 1. The molecule has 8 heteroatoms. The third kappa shape index (κ3) is 3.27. The molecular weight excluding hydrogens is 320 g/mol. The Hall–Kier alpha value is -3.00. The summed E-state index contributed by atoms with van der Waals surface area (Å²) in [6.45, 7) is 0.0908. The van der Waals surface area contributed by atoms with E-state index >= 15 is 0 Å². The molecule has 0 amide bonds. The lowest BCUT2D eigenvalue weighted by molar-refractivity contribution is -0.384. The molecular formula is C15H10N2O5S. The molecule has 0 spiro atoms. The number of benzene rings is 1. The first-order chi connectivity index (χ1) is 11.2. The van der Waals surface area contributed by atoms with Crippen molar-refractivity contribution in [2.75, 3.05) is 0 Å². The van der Waals surface area contributed by atoms with Crippen LogP contribution in [0.15, 0.2) is 46.4 Å². The number of hydrogen-bond donors (Lipinski definition) is 0. The zero-order valence-corrected chi connectivity index (χ0v) is 12.5. The minimum Gasteiger partial charge on any atom is -0.486 e. The molecule has 0 fully saturated rings. The first-order valence-corrected chi connectivity index (χ1v) is 7.40. The molecule has 116 valence electrons. The number of nitrogens with zero attached hydrogens (tertiary/aromatic N) is 2. The number of hydrogen-bond acceptors (Lipinski definition) is 7. The Morgan fingerprint density at radius 3 is 2.96 bits per heavy atom. The Kier molecular flexibility index (Phi) is 4.15. The molecule has 0 aliphatic rings. The van der Waals surface area contributed by atoms with E-state index in [1.165, 1.54) is 35.8 Å². The number of rotatable bonds is 6. The lowest BCUT2D eigenvalue weighted by Crippen LogP contribution is -1.99. The molecule has 7 nitrogen and oxygen atoms in total. The van der Waals surface area contributed by atoms with E-state index in [1.54, 1.807) is 0 Å².